The first-order chi connectivity index (χ1) is 29.0. The zero-order valence-electron chi connectivity index (χ0n) is 32.1. The predicted molar refractivity (Wildman–Crippen MR) is 202 cm³/mol. The lowest BCUT2D eigenvalue weighted by molar-refractivity contribution is -0.192. The van der Waals surface area contributed by atoms with Gasteiger partial charge in [0.25, 0.3) is 11.5 Å². The van der Waals surface area contributed by atoms with Gasteiger partial charge in [-0.15, -0.1) is 0 Å². The molecule has 1 aliphatic heterocycles. The predicted octanol–water partition coefficient (Wildman–Crippen LogP) is -3.62. The number of anilines is 2. The summed E-state index contributed by atoms with van der Waals surface area (Å²) in [7, 11) is -5.39. The molecule has 3 aromatic rings. The zero-order chi connectivity index (χ0) is 46.2. The number of phosphoric acid groups is 1. The second-order valence-electron chi connectivity index (χ2n) is 13.8. The maximum atomic E-state index is 12.7. The highest BCUT2D eigenvalue weighted by atomic mass is 31.2. The van der Waals surface area contributed by atoms with Gasteiger partial charge in [-0.1, -0.05) is 0 Å². The Kier molecular flexibility index (Phi) is 16.6. The Morgan fingerprint density at radius 1 is 1.02 bits per heavy atom. The number of phenols is 2. The number of aromatic amines is 1. The summed E-state index contributed by atoms with van der Waals surface area (Å²) >= 11 is 0. The molecule has 1 unspecified atom stereocenters. The number of nitrogens with two attached hydrogens (primary N) is 1. The van der Waals surface area contributed by atoms with Crippen molar-refractivity contribution in [3.63, 3.8) is 0 Å². The third kappa shape index (κ3) is 13.2. The van der Waals surface area contributed by atoms with Crippen LogP contribution in [0.1, 0.15) is 43.5 Å². The smallest absolute Gasteiger partial charge is 0.473 e. The third-order valence-electron chi connectivity index (χ3n) is 9.00. The van der Waals surface area contributed by atoms with Gasteiger partial charge in [0, 0.05) is 24.5 Å². The number of carboxylic acids is 3. The first-order valence-electron chi connectivity index (χ1n) is 18.1. The van der Waals surface area contributed by atoms with E-state index in [4.69, 9.17) is 34.5 Å². The number of ether oxygens (including phenoxy) is 2. The van der Waals surface area contributed by atoms with Crippen molar-refractivity contribution in [3.05, 3.63) is 39.9 Å². The first-order valence-corrected chi connectivity index (χ1v) is 19.6. The molecule has 2 aromatic heterocycles. The summed E-state index contributed by atoms with van der Waals surface area (Å²) < 4.78 is 32.7. The van der Waals surface area contributed by atoms with Crippen LogP contribution in [0.5, 0.6) is 11.5 Å². The number of phosphoric ester groups is 1. The van der Waals surface area contributed by atoms with Gasteiger partial charge in [0.15, 0.2) is 17.5 Å². The SMILES string of the molecule is C[C@@H](Nc1cc(O)c(C[C@@H](O)[C@@H](O)[C@@H](O)CO[C@H]2O[C@H](COP(=O)(O)O[C@@H](CCC(=O)O)C(=O)N[C@@H](CC(=O)O)C(=O)O)[C@@H](O)[C@H]2O)cc1O)c1cnc2c(=O)[nH]c(N)nc2n1. The highest BCUT2D eigenvalue weighted by Gasteiger charge is 2.45. The number of benzene rings is 1. The molecular formula is C33H44N7O21P. The van der Waals surface area contributed by atoms with Crippen LogP contribution in [-0.2, 0) is 48.7 Å². The number of rotatable bonds is 23. The molecule has 29 heteroatoms. The molecule has 28 nitrogen and oxygen atoms in total. The standard InChI is InChI=1S/C33H44N7O21P/c1-11(15-8-35-24-28(37-15)39-33(34)40-30(24)53)36-13-6-16(41)12(4-17(13)42)5-18(43)25(49)19(44)9-58-32-27(51)26(50)21(60-32)10-59-62(56,57)61-20(2-3-22(45)46)29(52)38-14(31(54)55)7-23(47)48/h4,6,8,11,14,18-21,25-27,32,36,41-44,49-51H,2-3,5,7,9-10H2,1H3,(H,38,52)(H,45,46)(H,47,48)(H,54,55)(H,56,57)(H3,34,37,39,40,53)/t11-,14+,18-,19+,20+,21-,25-,26-,27-,32+/m1/s1. The summed E-state index contributed by atoms with van der Waals surface area (Å²) in [6.07, 6.45) is -17.1. The molecule has 1 saturated heterocycles. The lowest BCUT2D eigenvalue weighted by Crippen LogP contribution is -2.47. The summed E-state index contributed by atoms with van der Waals surface area (Å²) in [6, 6.07) is -0.526. The first kappa shape index (κ1) is 49.0. The minimum atomic E-state index is -5.39. The molecule has 11 atom stereocenters. The molecule has 16 N–H and O–H groups in total. The molecule has 0 spiro atoms. The van der Waals surface area contributed by atoms with E-state index in [1.165, 1.54) is 6.20 Å². The molecule has 1 aliphatic rings. The number of phenolic OH excluding ortho intramolecular Hbond substituents is 2. The summed E-state index contributed by atoms with van der Waals surface area (Å²) in [5.74, 6) is -7.46. The van der Waals surface area contributed by atoms with Gasteiger partial charge in [-0.05, 0) is 19.4 Å². The van der Waals surface area contributed by atoms with Crippen molar-refractivity contribution in [2.45, 2.75) is 93.7 Å². The molecule has 0 aliphatic carbocycles. The topological polar surface area (TPSA) is 466 Å². The van der Waals surface area contributed by atoms with Crippen molar-refractivity contribution >= 4 is 54.4 Å². The number of H-pyrrole nitrogens is 1. The van der Waals surface area contributed by atoms with Crippen molar-refractivity contribution in [2.24, 2.45) is 0 Å². The molecule has 1 fully saturated rings. The number of hydrogen-bond acceptors (Lipinski definition) is 22. The van der Waals surface area contributed by atoms with Crippen molar-refractivity contribution in [1.82, 2.24) is 25.3 Å². The number of aliphatic carboxylic acids is 3. The van der Waals surface area contributed by atoms with E-state index in [-0.39, 0.29) is 34.1 Å². The van der Waals surface area contributed by atoms with E-state index in [0.29, 0.717) is 0 Å². The number of aromatic nitrogens is 4. The van der Waals surface area contributed by atoms with E-state index < -0.39 is 149 Å². The van der Waals surface area contributed by atoms with Gasteiger partial charge in [0.05, 0.1) is 49.4 Å². The molecule has 0 saturated carbocycles. The van der Waals surface area contributed by atoms with Gasteiger partial charge in [0.2, 0.25) is 5.95 Å². The van der Waals surface area contributed by atoms with E-state index >= 15 is 0 Å². The summed E-state index contributed by atoms with van der Waals surface area (Å²) in [6.45, 7) is -0.304. The van der Waals surface area contributed by atoms with Crippen LogP contribution in [0.2, 0.25) is 0 Å². The number of carbonyl (C=O) groups excluding carboxylic acids is 1. The summed E-state index contributed by atoms with van der Waals surface area (Å²) in [4.78, 5) is 82.8. The van der Waals surface area contributed by atoms with Crippen molar-refractivity contribution in [1.29, 1.82) is 0 Å². The molecular weight excluding hydrogens is 861 g/mol. The summed E-state index contributed by atoms with van der Waals surface area (Å²) in [5, 5.41) is 106. The van der Waals surface area contributed by atoms with Crippen LogP contribution in [0.3, 0.4) is 0 Å². The number of fused-ring (bicyclic) bond motifs is 1. The molecule has 1 amide bonds. The Bertz CT molecular complexity index is 2220. The molecule has 0 bridgehead atoms. The number of amides is 1. The Balaban J connectivity index is 1.29. The average molecular weight is 906 g/mol. The minimum absolute atomic E-state index is 0.00539. The van der Waals surface area contributed by atoms with Crippen molar-refractivity contribution in [2.75, 3.05) is 24.3 Å². The van der Waals surface area contributed by atoms with Crippen LogP contribution in [0, 0.1) is 0 Å². The molecule has 62 heavy (non-hydrogen) atoms. The fourth-order valence-electron chi connectivity index (χ4n) is 5.73. The van der Waals surface area contributed by atoms with E-state index in [0.717, 1.165) is 12.1 Å². The fraction of sp³-hybridized carbons (Fsp3) is 0.515. The Morgan fingerprint density at radius 3 is 2.35 bits per heavy atom. The maximum absolute atomic E-state index is 12.7. The van der Waals surface area contributed by atoms with Crippen LogP contribution >= 0.6 is 7.82 Å². The number of carboxylic acid groups (broad SMARTS) is 3. The second kappa shape index (κ2) is 20.9. The monoisotopic (exact) mass is 905 g/mol. The Morgan fingerprint density at radius 2 is 1.71 bits per heavy atom. The largest absolute Gasteiger partial charge is 0.508 e. The minimum Gasteiger partial charge on any atom is -0.508 e. The number of carbonyl (C=O) groups is 4. The van der Waals surface area contributed by atoms with E-state index in [9.17, 15) is 74.3 Å². The van der Waals surface area contributed by atoms with E-state index in [1.54, 1.807) is 12.2 Å². The molecule has 1 aromatic carbocycles. The van der Waals surface area contributed by atoms with Crippen molar-refractivity contribution < 1.29 is 98.2 Å². The van der Waals surface area contributed by atoms with Crippen LogP contribution in [0.15, 0.2) is 23.1 Å². The van der Waals surface area contributed by atoms with Crippen LogP contribution in [0.25, 0.3) is 11.2 Å². The number of aliphatic hydroxyl groups excluding tert-OH is 5. The number of hydrogen-bond donors (Lipinski definition) is 15. The lowest BCUT2D eigenvalue weighted by atomic mass is 9.99. The van der Waals surface area contributed by atoms with E-state index in [2.05, 4.69) is 25.3 Å². The van der Waals surface area contributed by atoms with Crippen molar-refractivity contribution in [3.8, 4) is 11.5 Å². The van der Waals surface area contributed by atoms with Crippen LogP contribution in [0.4, 0.5) is 11.6 Å². The molecule has 0 radical (unpaired) electrons. The molecule has 342 valence electrons. The quantitative estimate of drug-likeness (QED) is 0.0248. The number of nitrogens with zero attached hydrogens (tertiary/aromatic N) is 3. The van der Waals surface area contributed by atoms with Crippen LogP contribution in [-0.4, -0.2) is 168 Å². The zero-order valence-corrected chi connectivity index (χ0v) is 33.0. The van der Waals surface area contributed by atoms with Gasteiger partial charge >= 0.3 is 25.7 Å². The number of nitrogen functional groups attached to an aromatic ring is 1. The van der Waals surface area contributed by atoms with Gasteiger partial charge < -0.3 is 81.8 Å². The molecule has 4 rings (SSSR count). The second-order valence-corrected chi connectivity index (χ2v) is 15.2. The summed E-state index contributed by atoms with van der Waals surface area (Å²) in [5.41, 5.74) is 5.09. The van der Waals surface area contributed by atoms with Gasteiger partial charge in [-0.2, -0.15) is 4.98 Å². The highest BCUT2D eigenvalue weighted by Crippen LogP contribution is 2.46. The number of aromatic hydroxyl groups is 2. The third-order valence-corrected chi connectivity index (χ3v) is 10.0. The number of aliphatic hydroxyl groups is 5. The Labute approximate surface area is 347 Å². The van der Waals surface area contributed by atoms with Crippen LogP contribution < -0.4 is 21.9 Å². The molecule has 3 heterocycles. The lowest BCUT2D eigenvalue weighted by Gasteiger charge is -2.25. The fourth-order valence-corrected chi connectivity index (χ4v) is 6.65. The normalized spacial score (nSPS) is 21.5. The maximum Gasteiger partial charge on any atom is 0.473 e. The number of nitrogens with one attached hydrogen (secondary N) is 3. The van der Waals surface area contributed by atoms with Gasteiger partial charge in [0.1, 0.15) is 54.2 Å². The van der Waals surface area contributed by atoms with E-state index in [1.807, 2.05) is 0 Å². The Hall–Kier alpha value is -5.65. The highest BCUT2D eigenvalue weighted by molar-refractivity contribution is 7.47. The van der Waals surface area contributed by atoms with Gasteiger partial charge in [-0.3, -0.25) is 33.2 Å². The van der Waals surface area contributed by atoms with Gasteiger partial charge in [-0.25, -0.2) is 19.3 Å². The average Bonchev–Trinajstić information content (AvgIpc) is 3.46.